The summed E-state index contributed by atoms with van der Waals surface area (Å²) in [6.07, 6.45) is 0.952. The van der Waals surface area contributed by atoms with Crippen LogP contribution in [0.3, 0.4) is 0 Å². The van der Waals surface area contributed by atoms with E-state index in [4.69, 9.17) is 5.73 Å². The Labute approximate surface area is 130 Å². The van der Waals surface area contributed by atoms with E-state index < -0.39 is 10.0 Å². The summed E-state index contributed by atoms with van der Waals surface area (Å²) in [5.74, 6) is 0.331. The average Bonchev–Trinajstić information content (AvgIpc) is 2.39. The van der Waals surface area contributed by atoms with E-state index in [-0.39, 0.29) is 0 Å². The molecule has 0 saturated heterocycles. The van der Waals surface area contributed by atoms with Crippen LogP contribution in [0, 0.1) is 12.8 Å². The smallest absolute Gasteiger partial charge is 0.243 e. The van der Waals surface area contributed by atoms with Crippen LogP contribution in [0.2, 0.25) is 0 Å². The number of hydrogen-bond acceptors (Lipinski definition) is 3. The molecule has 0 amide bonds. The largest absolute Gasteiger partial charge is 0.398 e. The van der Waals surface area contributed by atoms with Crippen molar-refractivity contribution in [3.05, 3.63) is 22.2 Å². The lowest BCUT2D eigenvalue weighted by molar-refractivity contribution is 0.361. The van der Waals surface area contributed by atoms with E-state index in [1.165, 1.54) is 10.4 Å². The minimum atomic E-state index is -3.49. The molecule has 0 aliphatic rings. The van der Waals surface area contributed by atoms with Gasteiger partial charge in [-0.15, -0.1) is 0 Å². The molecule has 1 aromatic carbocycles. The van der Waals surface area contributed by atoms with E-state index in [2.05, 4.69) is 29.8 Å². The van der Waals surface area contributed by atoms with Gasteiger partial charge in [0, 0.05) is 23.2 Å². The zero-order valence-electron chi connectivity index (χ0n) is 12.5. The van der Waals surface area contributed by atoms with Gasteiger partial charge in [-0.3, -0.25) is 0 Å². The first kappa shape index (κ1) is 17.5. The molecule has 114 valence electrons. The third-order valence-electron chi connectivity index (χ3n) is 3.48. The predicted molar refractivity (Wildman–Crippen MR) is 87.2 cm³/mol. The van der Waals surface area contributed by atoms with Gasteiger partial charge in [-0.2, -0.15) is 4.31 Å². The van der Waals surface area contributed by atoms with Crippen molar-refractivity contribution in [1.29, 1.82) is 0 Å². The van der Waals surface area contributed by atoms with Crippen molar-refractivity contribution in [1.82, 2.24) is 4.31 Å². The van der Waals surface area contributed by atoms with Crippen molar-refractivity contribution in [3.63, 3.8) is 0 Å². The summed E-state index contributed by atoms with van der Waals surface area (Å²) >= 11 is 3.32. The molecule has 4 nitrogen and oxygen atoms in total. The first-order chi connectivity index (χ1) is 9.23. The highest BCUT2D eigenvalue weighted by Gasteiger charge is 2.26. The van der Waals surface area contributed by atoms with Crippen molar-refractivity contribution in [2.45, 2.75) is 39.0 Å². The van der Waals surface area contributed by atoms with Gasteiger partial charge in [0.05, 0.1) is 4.90 Å². The predicted octanol–water partition coefficient (Wildman–Crippen LogP) is 3.40. The van der Waals surface area contributed by atoms with Gasteiger partial charge in [0.15, 0.2) is 0 Å². The molecule has 0 aliphatic heterocycles. The SMILES string of the molecule is CCC(C)CN(CC)S(=O)(=O)c1cc(N)c(Br)cc1C. The molecule has 0 heterocycles. The highest BCUT2D eigenvalue weighted by Crippen LogP contribution is 2.29. The summed E-state index contributed by atoms with van der Waals surface area (Å²) < 4.78 is 27.8. The first-order valence-electron chi connectivity index (χ1n) is 6.79. The van der Waals surface area contributed by atoms with Gasteiger partial charge in [0.2, 0.25) is 10.0 Å². The molecular weight excluding hydrogens is 340 g/mol. The number of benzene rings is 1. The van der Waals surface area contributed by atoms with Crippen LogP contribution in [0.4, 0.5) is 5.69 Å². The lowest BCUT2D eigenvalue weighted by atomic mass is 10.1. The Bertz CT molecular complexity index is 573. The fraction of sp³-hybridized carbons (Fsp3) is 0.571. The van der Waals surface area contributed by atoms with Crippen molar-refractivity contribution in [2.75, 3.05) is 18.8 Å². The fourth-order valence-electron chi connectivity index (χ4n) is 1.96. The third kappa shape index (κ3) is 3.74. The molecule has 2 N–H and O–H groups in total. The molecule has 20 heavy (non-hydrogen) atoms. The van der Waals surface area contributed by atoms with E-state index in [1.54, 1.807) is 13.0 Å². The van der Waals surface area contributed by atoms with Crippen molar-refractivity contribution >= 4 is 31.6 Å². The minimum absolute atomic E-state index is 0.295. The number of aryl methyl sites for hydroxylation is 1. The highest BCUT2D eigenvalue weighted by atomic mass is 79.9. The summed E-state index contributed by atoms with van der Waals surface area (Å²) in [4.78, 5) is 0.295. The molecule has 0 spiro atoms. The standard InChI is InChI=1S/C14H23BrN2O2S/c1-5-10(3)9-17(6-2)20(18,19)14-8-13(16)12(15)7-11(14)4/h7-8,10H,5-6,9,16H2,1-4H3. The van der Waals surface area contributed by atoms with Gasteiger partial charge in [-0.05, 0) is 46.5 Å². The van der Waals surface area contributed by atoms with Crippen LogP contribution in [0.1, 0.15) is 32.8 Å². The van der Waals surface area contributed by atoms with Crippen molar-refractivity contribution in [2.24, 2.45) is 5.92 Å². The van der Waals surface area contributed by atoms with Crippen LogP contribution in [0.15, 0.2) is 21.5 Å². The van der Waals surface area contributed by atoms with Crippen LogP contribution >= 0.6 is 15.9 Å². The Hall–Kier alpha value is -0.590. The molecular formula is C14H23BrN2O2S. The zero-order valence-corrected chi connectivity index (χ0v) is 14.9. The van der Waals surface area contributed by atoms with Crippen LogP contribution < -0.4 is 5.73 Å². The highest BCUT2D eigenvalue weighted by molar-refractivity contribution is 9.10. The molecule has 0 fully saturated rings. The molecule has 6 heteroatoms. The van der Waals surface area contributed by atoms with Gasteiger partial charge in [-0.1, -0.05) is 27.2 Å². The zero-order chi connectivity index (χ0) is 15.5. The molecule has 1 atom stereocenters. The lowest BCUT2D eigenvalue weighted by Gasteiger charge is -2.24. The second-order valence-electron chi connectivity index (χ2n) is 5.11. The fourth-order valence-corrected chi connectivity index (χ4v) is 4.23. The van der Waals surface area contributed by atoms with Gasteiger partial charge >= 0.3 is 0 Å². The van der Waals surface area contributed by atoms with E-state index in [1.807, 2.05) is 6.92 Å². The maximum atomic E-state index is 12.8. The van der Waals surface area contributed by atoms with Crippen molar-refractivity contribution in [3.8, 4) is 0 Å². The number of nitrogen functional groups attached to an aromatic ring is 1. The number of hydrogen-bond donors (Lipinski definition) is 1. The molecule has 1 unspecified atom stereocenters. The van der Waals surface area contributed by atoms with Gasteiger partial charge in [0.25, 0.3) is 0 Å². The number of sulfonamides is 1. The van der Waals surface area contributed by atoms with Crippen LogP contribution in [0.25, 0.3) is 0 Å². The Morgan fingerprint density at radius 3 is 2.45 bits per heavy atom. The van der Waals surface area contributed by atoms with E-state index >= 15 is 0 Å². The van der Waals surface area contributed by atoms with Crippen LogP contribution in [-0.4, -0.2) is 25.8 Å². The van der Waals surface area contributed by atoms with E-state index in [9.17, 15) is 8.42 Å². The Balaban J connectivity index is 3.24. The summed E-state index contributed by atoms with van der Waals surface area (Å²) in [5.41, 5.74) is 6.97. The maximum Gasteiger partial charge on any atom is 0.243 e. The molecule has 0 radical (unpaired) electrons. The number of anilines is 1. The second kappa shape index (κ2) is 6.91. The lowest BCUT2D eigenvalue weighted by Crippen LogP contribution is -2.35. The maximum absolute atomic E-state index is 12.8. The molecule has 0 aromatic heterocycles. The summed E-state index contributed by atoms with van der Waals surface area (Å²) in [7, 11) is -3.49. The van der Waals surface area contributed by atoms with E-state index in [0.29, 0.717) is 35.2 Å². The Morgan fingerprint density at radius 1 is 1.35 bits per heavy atom. The number of halogens is 1. The topological polar surface area (TPSA) is 63.4 Å². The molecule has 0 aliphatic carbocycles. The van der Waals surface area contributed by atoms with Gasteiger partial charge in [0.1, 0.15) is 0 Å². The van der Waals surface area contributed by atoms with E-state index in [0.717, 1.165) is 10.9 Å². The minimum Gasteiger partial charge on any atom is -0.398 e. The molecule has 0 saturated carbocycles. The summed E-state index contributed by atoms with van der Waals surface area (Å²) in [6, 6.07) is 3.29. The number of rotatable bonds is 6. The summed E-state index contributed by atoms with van der Waals surface area (Å²) in [5, 5.41) is 0. The molecule has 1 aromatic rings. The Morgan fingerprint density at radius 2 is 1.95 bits per heavy atom. The second-order valence-corrected chi connectivity index (χ2v) is 7.87. The summed E-state index contributed by atoms with van der Waals surface area (Å²) in [6.45, 7) is 8.76. The van der Waals surface area contributed by atoms with Crippen LogP contribution in [0.5, 0.6) is 0 Å². The number of nitrogens with zero attached hydrogens (tertiary/aromatic N) is 1. The van der Waals surface area contributed by atoms with Gasteiger partial charge in [-0.25, -0.2) is 8.42 Å². The number of nitrogens with two attached hydrogens (primary N) is 1. The normalized spacial score (nSPS) is 13.7. The average molecular weight is 363 g/mol. The Kier molecular flexibility index (Phi) is 6.04. The molecule has 1 rings (SSSR count). The van der Waals surface area contributed by atoms with Gasteiger partial charge < -0.3 is 5.73 Å². The van der Waals surface area contributed by atoms with Crippen LogP contribution in [-0.2, 0) is 10.0 Å². The quantitative estimate of drug-likeness (QED) is 0.788. The van der Waals surface area contributed by atoms with Crippen molar-refractivity contribution < 1.29 is 8.42 Å². The molecule has 0 bridgehead atoms. The monoisotopic (exact) mass is 362 g/mol. The third-order valence-corrected chi connectivity index (χ3v) is 6.25. The first-order valence-corrected chi connectivity index (χ1v) is 9.03.